The molecule has 3 N–H and O–H groups in total. The van der Waals surface area contributed by atoms with Crippen LogP contribution in [-0.4, -0.2) is 22.8 Å². The number of nitrogens with two attached hydrogens (primary N) is 1. The zero-order valence-corrected chi connectivity index (χ0v) is 15.9. The zero-order valence-electron chi connectivity index (χ0n) is 15.9. The number of nitrogens with zero attached hydrogens (tertiary/aromatic N) is 3. The number of aliphatic imine (C=N–C) groups is 1. The molecule has 0 bridgehead atoms. The van der Waals surface area contributed by atoms with Crippen molar-refractivity contribution in [1.29, 1.82) is 0 Å². The summed E-state index contributed by atoms with van der Waals surface area (Å²) in [6.07, 6.45) is 0. The summed E-state index contributed by atoms with van der Waals surface area (Å²) >= 11 is 0. The number of rotatable bonds is 6. The van der Waals surface area contributed by atoms with E-state index < -0.39 is 0 Å². The van der Waals surface area contributed by atoms with E-state index in [9.17, 15) is 0 Å². The van der Waals surface area contributed by atoms with Crippen LogP contribution in [0.2, 0.25) is 0 Å². The third-order valence-electron chi connectivity index (χ3n) is 4.48. The second-order valence-corrected chi connectivity index (χ2v) is 6.35. The Labute approximate surface area is 159 Å². The van der Waals surface area contributed by atoms with Crippen molar-refractivity contribution in [2.45, 2.75) is 26.9 Å². The van der Waals surface area contributed by atoms with Crippen LogP contribution in [0.3, 0.4) is 0 Å². The number of hydrogen-bond donors (Lipinski definition) is 2. The molecule has 0 aliphatic heterocycles. The lowest BCUT2D eigenvalue weighted by Crippen LogP contribution is -2.22. The molecule has 0 amide bonds. The number of benzene rings is 2. The molecule has 0 fully saturated rings. The average Bonchev–Trinajstić information content (AvgIpc) is 2.94. The standard InChI is InChI=1S/C21H25N5O/c1-15-20(16(2)26(25-15)14-17-7-5-4-6-8-17)13-23-21(22)24-18-9-11-19(27-3)12-10-18/h4-12H,13-14H2,1-3H3,(H3,22,23,24). The van der Waals surface area contributed by atoms with Crippen molar-refractivity contribution in [2.24, 2.45) is 10.7 Å². The Morgan fingerprint density at radius 2 is 1.81 bits per heavy atom. The van der Waals surface area contributed by atoms with Gasteiger partial charge in [-0.15, -0.1) is 0 Å². The molecule has 0 spiro atoms. The summed E-state index contributed by atoms with van der Waals surface area (Å²) in [5, 5.41) is 7.75. The minimum atomic E-state index is 0.370. The van der Waals surface area contributed by atoms with Gasteiger partial charge in [-0.2, -0.15) is 5.10 Å². The monoisotopic (exact) mass is 363 g/mol. The van der Waals surface area contributed by atoms with Gasteiger partial charge in [0.1, 0.15) is 5.75 Å². The predicted molar refractivity (Wildman–Crippen MR) is 109 cm³/mol. The normalized spacial score (nSPS) is 11.4. The maximum atomic E-state index is 6.04. The van der Waals surface area contributed by atoms with Gasteiger partial charge in [0.05, 0.1) is 25.9 Å². The molecule has 0 saturated carbocycles. The van der Waals surface area contributed by atoms with Crippen LogP contribution in [-0.2, 0) is 13.1 Å². The number of ether oxygens (including phenoxy) is 1. The lowest BCUT2D eigenvalue weighted by Gasteiger charge is -2.07. The Balaban J connectivity index is 1.68. The van der Waals surface area contributed by atoms with Gasteiger partial charge in [-0.25, -0.2) is 4.99 Å². The number of nitrogens with one attached hydrogen (secondary N) is 1. The molecule has 0 saturated heterocycles. The van der Waals surface area contributed by atoms with Gasteiger partial charge in [-0.05, 0) is 43.7 Å². The number of aryl methyl sites for hydroxylation is 1. The van der Waals surface area contributed by atoms with E-state index in [1.54, 1.807) is 7.11 Å². The van der Waals surface area contributed by atoms with Crippen LogP contribution in [0.4, 0.5) is 5.69 Å². The molecular formula is C21H25N5O. The lowest BCUT2D eigenvalue weighted by molar-refractivity contribution is 0.415. The Morgan fingerprint density at radius 1 is 1.11 bits per heavy atom. The van der Waals surface area contributed by atoms with Crippen molar-refractivity contribution < 1.29 is 4.74 Å². The van der Waals surface area contributed by atoms with Crippen LogP contribution in [0.25, 0.3) is 0 Å². The van der Waals surface area contributed by atoms with Crippen molar-refractivity contribution in [3.8, 4) is 5.75 Å². The summed E-state index contributed by atoms with van der Waals surface area (Å²) in [6, 6.07) is 17.8. The quantitative estimate of drug-likeness (QED) is 0.519. The molecule has 0 atom stereocenters. The molecule has 140 valence electrons. The molecule has 6 heteroatoms. The van der Waals surface area contributed by atoms with E-state index in [1.165, 1.54) is 5.56 Å². The first-order valence-corrected chi connectivity index (χ1v) is 8.84. The third-order valence-corrected chi connectivity index (χ3v) is 4.48. The topological polar surface area (TPSA) is 77.5 Å². The number of aromatic nitrogens is 2. The van der Waals surface area contributed by atoms with E-state index in [2.05, 4.69) is 34.5 Å². The van der Waals surface area contributed by atoms with Gasteiger partial charge in [0, 0.05) is 16.9 Å². The van der Waals surface area contributed by atoms with Crippen molar-refractivity contribution in [1.82, 2.24) is 9.78 Å². The highest BCUT2D eigenvalue weighted by molar-refractivity contribution is 5.92. The molecule has 3 rings (SSSR count). The van der Waals surface area contributed by atoms with Crippen LogP contribution < -0.4 is 15.8 Å². The fraction of sp³-hybridized carbons (Fsp3) is 0.238. The van der Waals surface area contributed by atoms with Crippen LogP contribution in [0.1, 0.15) is 22.5 Å². The Bertz CT molecular complexity index is 914. The summed E-state index contributed by atoms with van der Waals surface area (Å²) in [5.41, 5.74) is 11.3. The Hall–Kier alpha value is -3.28. The van der Waals surface area contributed by atoms with E-state index in [1.807, 2.05) is 54.1 Å². The van der Waals surface area contributed by atoms with Crippen molar-refractivity contribution in [3.05, 3.63) is 77.1 Å². The summed E-state index contributed by atoms with van der Waals surface area (Å²) in [6.45, 7) is 5.31. The zero-order chi connectivity index (χ0) is 19.2. The first-order chi connectivity index (χ1) is 13.1. The van der Waals surface area contributed by atoms with Gasteiger partial charge in [0.2, 0.25) is 0 Å². The fourth-order valence-corrected chi connectivity index (χ4v) is 2.90. The third kappa shape index (κ3) is 4.67. The molecule has 3 aromatic rings. The molecule has 6 nitrogen and oxygen atoms in total. The molecule has 0 radical (unpaired) electrons. The van der Waals surface area contributed by atoms with Gasteiger partial charge in [-0.1, -0.05) is 30.3 Å². The molecule has 0 unspecified atom stereocenters. The Kier molecular flexibility index (Phi) is 5.76. The average molecular weight is 363 g/mol. The molecular weight excluding hydrogens is 338 g/mol. The molecule has 0 aliphatic rings. The maximum Gasteiger partial charge on any atom is 0.193 e. The van der Waals surface area contributed by atoms with E-state index in [4.69, 9.17) is 10.5 Å². The highest BCUT2D eigenvalue weighted by Crippen LogP contribution is 2.17. The highest BCUT2D eigenvalue weighted by Gasteiger charge is 2.11. The number of methoxy groups -OCH3 is 1. The van der Waals surface area contributed by atoms with Gasteiger partial charge >= 0.3 is 0 Å². The molecule has 2 aromatic carbocycles. The Morgan fingerprint density at radius 3 is 2.48 bits per heavy atom. The summed E-state index contributed by atoms with van der Waals surface area (Å²) in [5.74, 6) is 1.17. The second kappa shape index (κ2) is 8.40. The minimum absolute atomic E-state index is 0.370. The highest BCUT2D eigenvalue weighted by atomic mass is 16.5. The molecule has 27 heavy (non-hydrogen) atoms. The summed E-state index contributed by atoms with van der Waals surface area (Å²) < 4.78 is 7.17. The molecule has 1 heterocycles. The van der Waals surface area contributed by atoms with Gasteiger partial charge in [-0.3, -0.25) is 4.68 Å². The van der Waals surface area contributed by atoms with Gasteiger partial charge in [0.25, 0.3) is 0 Å². The largest absolute Gasteiger partial charge is 0.497 e. The van der Waals surface area contributed by atoms with E-state index in [0.29, 0.717) is 12.5 Å². The second-order valence-electron chi connectivity index (χ2n) is 6.35. The van der Waals surface area contributed by atoms with E-state index >= 15 is 0 Å². The van der Waals surface area contributed by atoms with Crippen LogP contribution >= 0.6 is 0 Å². The number of anilines is 1. The van der Waals surface area contributed by atoms with Crippen molar-refractivity contribution in [3.63, 3.8) is 0 Å². The van der Waals surface area contributed by atoms with Crippen molar-refractivity contribution >= 4 is 11.6 Å². The molecule has 0 aliphatic carbocycles. The summed E-state index contributed by atoms with van der Waals surface area (Å²) in [4.78, 5) is 4.47. The smallest absolute Gasteiger partial charge is 0.193 e. The SMILES string of the molecule is COc1ccc(NC(N)=NCc2c(C)nn(Cc3ccccc3)c2C)cc1. The first-order valence-electron chi connectivity index (χ1n) is 8.84. The van der Waals surface area contributed by atoms with Gasteiger partial charge in [0.15, 0.2) is 5.96 Å². The maximum absolute atomic E-state index is 6.04. The summed E-state index contributed by atoms with van der Waals surface area (Å²) in [7, 11) is 1.64. The first kappa shape index (κ1) is 18.5. The van der Waals surface area contributed by atoms with Gasteiger partial charge < -0.3 is 15.8 Å². The fourth-order valence-electron chi connectivity index (χ4n) is 2.90. The number of guanidine groups is 1. The predicted octanol–water partition coefficient (Wildman–Crippen LogP) is 3.48. The molecule has 1 aromatic heterocycles. The van der Waals surface area contributed by atoms with Crippen LogP contribution in [0.5, 0.6) is 5.75 Å². The van der Waals surface area contributed by atoms with Crippen LogP contribution in [0.15, 0.2) is 59.6 Å². The van der Waals surface area contributed by atoms with E-state index in [0.717, 1.165) is 34.9 Å². The lowest BCUT2D eigenvalue weighted by atomic mass is 10.2. The van der Waals surface area contributed by atoms with Crippen molar-refractivity contribution in [2.75, 3.05) is 12.4 Å². The van der Waals surface area contributed by atoms with Crippen LogP contribution in [0, 0.1) is 13.8 Å². The van der Waals surface area contributed by atoms with E-state index in [-0.39, 0.29) is 0 Å². The minimum Gasteiger partial charge on any atom is -0.497 e. The number of hydrogen-bond acceptors (Lipinski definition) is 3.